The summed E-state index contributed by atoms with van der Waals surface area (Å²) in [6, 6.07) is 5.50. The third kappa shape index (κ3) is 9.46. The van der Waals surface area contributed by atoms with Crippen molar-refractivity contribution in [2.45, 2.75) is 39.7 Å². The molecule has 7 heteroatoms. The number of carbonyl (C=O) groups is 1. The van der Waals surface area contributed by atoms with Gasteiger partial charge in [-0.1, -0.05) is 26.8 Å². The second kappa shape index (κ2) is 10.9. The molecule has 0 heterocycles. The number of carbonyl (C=O) groups excluding carboxylic acids is 1. The van der Waals surface area contributed by atoms with Crippen LogP contribution in [0.4, 0.5) is 0 Å². The Bertz CT molecular complexity index is 650. The average molecular weight is 427 g/mol. The minimum Gasteiger partial charge on any atom is -0.595 e. The summed E-state index contributed by atoms with van der Waals surface area (Å²) < 4.78 is 16.5. The molecular weight excluding hydrogens is 402 g/mol. The molecule has 0 bridgehead atoms. The van der Waals surface area contributed by atoms with Crippen molar-refractivity contribution in [2.24, 2.45) is 4.99 Å². The zero-order valence-corrected chi connectivity index (χ0v) is 17.2. The largest absolute Gasteiger partial charge is 0.595 e. The van der Waals surface area contributed by atoms with Crippen LogP contribution in [0.1, 0.15) is 39.7 Å². The van der Waals surface area contributed by atoms with Crippen molar-refractivity contribution >= 4 is 34.1 Å². The van der Waals surface area contributed by atoms with Gasteiger partial charge in [0.15, 0.2) is 0 Å². The predicted molar refractivity (Wildman–Crippen MR) is 103 cm³/mol. The summed E-state index contributed by atoms with van der Waals surface area (Å²) in [5.74, 6) is 0.259. The first-order valence-corrected chi connectivity index (χ1v) is 9.18. The molecule has 0 saturated carbocycles. The molecule has 26 heavy (non-hydrogen) atoms. The maximum absolute atomic E-state index is 11.5. The van der Waals surface area contributed by atoms with Crippen LogP contribution in [0.2, 0.25) is 0 Å². The quantitative estimate of drug-likeness (QED) is 0.209. The Hall–Kier alpha value is -2.02. The second-order valence-electron chi connectivity index (χ2n) is 6.34. The van der Waals surface area contributed by atoms with E-state index in [1.165, 1.54) is 6.08 Å². The number of rotatable bonds is 8. The number of hydrogen-bond acceptors (Lipinski definition) is 6. The van der Waals surface area contributed by atoms with Gasteiger partial charge in [0.2, 0.25) is 0 Å². The van der Waals surface area contributed by atoms with Gasteiger partial charge in [-0.15, -0.1) is 0 Å². The van der Waals surface area contributed by atoms with Gasteiger partial charge in [-0.3, -0.25) is 4.99 Å². The molecule has 0 amide bonds. The topological polar surface area (TPSA) is 80.2 Å². The highest BCUT2D eigenvalue weighted by Crippen LogP contribution is 2.26. The van der Waals surface area contributed by atoms with Crippen molar-refractivity contribution in [3.05, 3.63) is 34.3 Å². The average Bonchev–Trinajstić information content (AvgIpc) is 2.53. The Labute approximate surface area is 163 Å². The van der Waals surface area contributed by atoms with E-state index in [2.05, 4.69) is 20.9 Å². The highest BCUT2D eigenvalue weighted by atomic mass is 79.9. The van der Waals surface area contributed by atoms with Crippen LogP contribution in [0.25, 0.3) is 6.08 Å². The molecule has 1 aromatic rings. The van der Waals surface area contributed by atoms with Crippen LogP contribution in [-0.4, -0.2) is 37.4 Å². The van der Waals surface area contributed by atoms with Crippen molar-refractivity contribution in [2.75, 3.05) is 19.8 Å². The minimum atomic E-state index is -0.565. The smallest absolute Gasteiger partial charge is 0.330 e. The molecule has 0 radical (unpaired) electrons. The first kappa shape index (κ1) is 22.0. The van der Waals surface area contributed by atoms with Crippen LogP contribution in [0.15, 0.2) is 33.7 Å². The monoisotopic (exact) mass is 426 g/mol. The van der Waals surface area contributed by atoms with E-state index in [9.17, 15) is 9.90 Å². The molecule has 6 nitrogen and oxygen atoms in total. The fourth-order valence-electron chi connectivity index (χ4n) is 1.80. The van der Waals surface area contributed by atoms with Gasteiger partial charge in [0.05, 0.1) is 17.7 Å². The Balaban J connectivity index is 2.51. The van der Waals surface area contributed by atoms with Crippen LogP contribution in [0.3, 0.4) is 0 Å². The third-order valence-electron chi connectivity index (χ3n) is 2.85. The minimum absolute atomic E-state index is 0.328. The number of halogens is 1. The highest BCUT2D eigenvalue weighted by molar-refractivity contribution is 9.10. The van der Waals surface area contributed by atoms with Crippen LogP contribution >= 0.6 is 15.9 Å². The molecule has 0 fully saturated rings. The summed E-state index contributed by atoms with van der Waals surface area (Å²) in [6.07, 6.45) is 3.05. The van der Waals surface area contributed by atoms with Crippen molar-refractivity contribution in [3.8, 4) is 5.75 Å². The summed E-state index contributed by atoms with van der Waals surface area (Å²) in [4.78, 5) is 15.2. The van der Waals surface area contributed by atoms with Gasteiger partial charge in [-0.2, -0.15) is 0 Å². The fourth-order valence-corrected chi connectivity index (χ4v) is 2.16. The van der Waals surface area contributed by atoms with Crippen LogP contribution in [-0.2, 0) is 14.3 Å². The zero-order chi connectivity index (χ0) is 19.6. The van der Waals surface area contributed by atoms with Gasteiger partial charge in [-0.25, -0.2) is 4.79 Å². The van der Waals surface area contributed by atoms with Crippen molar-refractivity contribution in [1.82, 2.24) is 0 Å². The lowest BCUT2D eigenvalue weighted by atomic mass is 10.2. The van der Waals surface area contributed by atoms with E-state index in [0.29, 0.717) is 31.9 Å². The first-order chi connectivity index (χ1) is 12.2. The standard InChI is InChI=1S/C19H26BrNO5/c1-5-24-17(22)10-8-14-7-9-15(20)16(13-14)25-12-6-11-21-18(23)26-19(2,3)4/h7-10,13H,5-6,11-12H2,1-4H3,(H,21,23)/p-1/b10-8+. The molecular formula is C19H25BrNO5-. The maximum atomic E-state index is 11.5. The van der Waals surface area contributed by atoms with Gasteiger partial charge < -0.3 is 19.3 Å². The van der Waals surface area contributed by atoms with E-state index in [0.717, 1.165) is 10.0 Å². The second-order valence-corrected chi connectivity index (χ2v) is 7.19. The van der Waals surface area contributed by atoms with E-state index >= 15 is 0 Å². The van der Waals surface area contributed by atoms with Gasteiger partial charge >= 0.3 is 5.97 Å². The summed E-state index contributed by atoms with van der Waals surface area (Å²) in [5, 5.41) is 11.5. The number of esters is 1. The van der Waals surface area contributed by atoms with Crippen molar-refractivity contribution < 1.29 is 24.1 Å². The highest BCUT2D eigenvalue weighted by Gasteiger charge is 2.05. The van der Waals surface area contributed by atoms with E-state index in [1.54, 1.807) is 33.8 Å². The maximum Gasteiger partial charge on any atom is 0.330 e. The van der Waals surface area contributed by atoms with Gasteiger partial charge in [0.1, 0.15) is 11.8 Å². The molecule has 0 aliphatic rings. The summed E-state index contributed by atoms with van der Waals surface area (Å²) in [7, 11) is 0. The predicted octanol–water partition coefficient (Wildman–Crippen LogP) is 3.33. The molecule has 1 aromatic carbocycles. The van der Waals surface area contributed by atoms with Crippen LogP contribution < -0.4 is 9.84 Å². The van der Waals surface area contributed by atoms with Crippen molar-refractivity contribution in [3.63, 3.8) is 0 Å². The number of nitrogens with zero attached hydrogens (tertiary/aromatic N) is 1. The number of benzene rings is 1. The van der Waals surface area contributed by atoms with Crippen LogP contribution in [0.5, 0.6) is 5.75 Å². The number of hydrogen-bond donors (Lipinski definition) is 0. The summed E-state index contributed by atoms with van der Waals surface area (Å²) in [5.41, 5.74) is 0.272. The molecule has 0 N–H and O–H groups in total. The molecule has 0 atom stereocenters. The van der Waals surface area contributed by atoms with Crippen LogP contribution in [0, 0.1) is 0 Å². The lowest BCUT2D eigenvalue weighted by Gasteiger charge is -2.29. The molecule has 0 spiro atoms. The fraction of sp³-hybridized carbons (Fsp3) is 0.474. The third-order valence-corrected chi connectivity index (χ3v) is 3.50. The normalized spacial score (nSPS) is 12.3. The molecule has 0 aromatic heterocycles. The summed E-state index contributed by atoms with van der Waals surface area (Å²) >= 11 is 3.42. The zero-order valence-electron chi connectivity index (χ0n) is 15.6. The Morgan fingerprint density at radius 2 is 2.08 bits per heavy atom. The molecule has 144 valence electrons. The van der Waals surface area contributed by atoms with E-state index in [4.69, 9.17) is 14.2 Å². The molecule has 0 unspecified atom stereocenters. The molecule has 0 aliphatic carbocycles. The van der Waals surface area contributed by atoms with E-state index < -0.39 is 11.7 Å². The molecule has 0 saturated heterocycles. The van der Waals surface area contributed by atoms with Gasteiger partial charge in [0, 0.05) is 24.6 Å². The number of aliphatic imine (C=N–C) groups is 1. The van der Waals surface area contributed by atoms with Gasteiger partial charge in [-0.05, 0) is 46.6 Å². The SMILES string of the molecule is CCOC(=O)/C=C/c1ccc(Br)c(OCCCN=C([O-])OC(C)(C)C)c1. The lowest BCUT2D eigenvalue weighted by molar-refractivity contribution is -0.260. The molecule has 0 aliphatic heterocycles. The summed E-state index contributed by atoms with van der Waals surface area (Å²) in [6.45, 7) is 8.21. The van der Waals surface area contributed by atoms with Crippen molar-refractivity contribution in [1.29, 1.82) is 0 Å². The van der Waals surface area contributed by atoms with Gasteiger partial charge in [0.25, 0.3) is 0 Å². The Morgan fingerprint density at radius 3 is 2.73 bits per heavy atom. The molecule has 1 rings (SSSR count). The number of ether oxygens (including phenoxy) is 3. The lowest BCUT2D eigenvalue weighted by Crippen LogP contribution is -2.32. The Kier molecular flexibility index (Phi) is 9.19. The first-order valence-electron chi connectivity index (χ1n) is 8.39. The Morgan fingerprint density at radius 1 is 1.35 bits per heavy atom. The van der Waals surface area contributed by atoms with E-state index in [-0.39, 0.29) is 5.97 Å². The van der Waals surface area contributed by atoms with E-state index in [1.807, 2.05) is 18.2 Å².